The van der Waals surface area contributed by atoms with Gasteiger partial charge in [0.05, 0.1) is 5.41 Å². The summed E-state index contributed by atoms with van der Waals surface area (Å²) in [7, 11) is -2.76. The molecule has 0 N–H and O–H groups in total. The summed E-state index contributed by atoms with van der Waals surface area (Å²) in [4.78, 5) is 5.39. The maximum absolute atomic E-state index is 5.39. The van der Waals surface area contributed by atoms with Crippen molar-refractivity contribution in [1.29, 1.82) is 0 Å². The van der Waals surface area contributed by atoms with E-state index in [2.05, 4.69) is 194 Å². The van der Waals surface area contributed by atoms with E-state index in [4.69, 9.17) is 4.98 Å². The van der Waals surface area contributed by atoms with E-state index in [-0.39, 0.29) is 25.5 Å². The van der Waals surface area contributed by atoms with Crippen LogP contribution >= 0.6 is 0 Å². The van der Waals surface area contributed by atoms with Gasteiger partial charge in [-0.25, -0.2) is 0 Å². The molecule has 1 radical (unpaired) electrons. The number of aromatic nitrogens is 1. The molecule has 8 aromatic rings. The van der Waals surface area contributed by atoms with Crippen molar-refractivity contribution < 1.29 is 20.1 Å². The van der Waals surface area contributed by atoms with Gasteiger partial charge in [-0.3, -0.25) is 4.98 Å². The number of hydrogen-bond donors (Lipinski definition) is 0. The molecule has 0 bridgehead atoms. The van der Waals surface area contributed by atoms with Crippen LogP contribution in [0.15, 0.2) is 194 Å². The van der Waals surface area contributed by atoms with Crippen LogP contribution in [0.4, 0.5) is 0 Å². The zero-order chi connectivity index (χ0) is 33.1. The van der Waals surface area contributed by atoms with Gasteiger partial charge in [0.2, 0.25) is 0 Å². The van der Waals surface area contributed by atoms with Crippen molar-refractivity contribution in [3.8, 4) is 33.4 Å². The molecule has 10 rings (SSSR count). The monoisotopic (exact) mass is 843 g/mol. The van der Waals surface area contributed by atoms with Gasteiger partial charge in [-0.05, 0) is 78.1 Å². The zero-order valence-corrected chi connectivity index (χ0v) is 31.2. The Labute approximate surface area is 313 Å². The van der Waals surface area contributed by atoms with Crippen LogP contribution < -0.4 is 20.9 Å². The van der Waals surface area contributed by atoms with Crippen LogP contribution in [0.1, 0.15) is 22.3 Å². The third-order valence-electron chi connectivity index (χ3n) is 11.0. The second-order valence-electron chi connectivity index (χ2n) is 13.3. The first-order valence-electron chi connectivity index (χ1n) is 17.3. The van der Waals surface area contributed by atoms with Gasteiger partial charge >= 0.3 is 0 Å². The molecule has 3 heteroatoms. The molecule has 0 amide bonds. The molecule has 243 valence electrons. The normalized spacial score (nSPS) is 13.1. The minimum absolute atomic E-state index is 0. The van der Waals surface area contributed by atoms with Crippen molar-refractivity contribution in [3.05, 3.63) is 223 Å². The van der Waals surface area contributed by atoms with Crippen molar-refractivity contribution in [3.63, 3.8) is 0 Å². The Morgan fingerprint density at radius 1 is 0.431 bits per heavy atom. The predicted molar refractivity (Wildman–Crippen MR) is 208 cm³/mol. The van der Waals surface area contributed by atoms with Gasteiger partial charge in [0.25, 0.3) is 0 Å². The number of benzene rings is 7. The van der Waals surface area contributed by atoms with Crippen molar-refractivity contribution in [1.82, 2.24) is 4.98 Å². The van der Waals surface area contributed by atoms with E-state index in [1.165, 1.54) is 65.6 Å². The largest absolute Gasteiger partial charge is 0.264 e. The summed E-state index contributed by atoms with van der Waals surface area (Å²) in [5, 5.41) is 4.90. The summed E-state index contributed by atoms with van der Waals surface area (Å²) in [6.07, 6.45) is 2.10. The van der Waals surface area contributed by atoms with Crippen molar-refractivity contribution in [2.75, 3.05) is 0 Å². The van der Waals surface area contributed by atoms with E-state index < -0.39 is 8.07 Å². The topological polar surface area (TPSA) is 12.9 Å². The number of fused-ring (bicyclic) bond motifs is 10. The van der Waals surface area contributed by atoms with Gasteiger partial charge in [0.1, 0.15) is 0 Å². The molecule has 2 aliphatic rings. The Bertz CT molecular complexity index is 2370. The molecule has 0 atom stereocenters. The molecule has 1 spiro atoms. The van der Waals surface area contributed by atoms with Crippen molar-refractivity contribution in [2.45, 2.75) is 5.41 Å². The molecule has 0 saturated heterocycles. The van der Waals surface area contributed by atoms with E-state index in [1.807, 2.05) is 6.07 Å². The van der Waals surface area contributed by atoms with Crippen LogP contribution in [-0.2, 0) is 25.5 Å². The van der Waals surface area contributed by atoms with Gasteiger partial charge in [-0.2, -0.15) is 35.5 Å². The van der Waals surface area contributed by atoms with Crippen LogP contribution in [0.3, 0.4) is 0 Å². The third-order valence-corrected chi connectivity index (χ3v) is 15.6. The molecular formula is C48H32IrNSi-. The maximum Gasteiger partial charge on any atom is 0.177 e. The van der Waals surface area contributed by atoms with E-state index in [0.29, 0.717) is 0 Å². The van der Waals surface area contributed by atoms with Gasteiger partial charge in [-0.15, -0.1) is 0 Å². The van der Waals surface area contributed by atoms with Crippen LogP contribution in [0.5, 0.6) is 0 Å². The summed E-state index contributed by atoms with van der Waals surface area (Å²) in [5.41, 5.74) is 12.6. The summed E-state index contributed by atoms with van der Waals surface area (Å²) < 4.78 is 0. The summed E-state index contributed by atoms with van der Waals surface area (Å²) in [6.45, 7) is 0. The molecule has 2 aliphatic carbocycles. The number of nitrogens with zero attached hydrogens (tertiary/aromatic N) is 1. The van der Waals surface area contributed by atoms with Crippen molar-refractivity contribution >= 4 is 29.0 Å². The molecule has 0 saturated carbocycles. The van der Waals surface area contributed by atoms with Gasteiger partial charge in [0.15, 0.2) is 8.07 Å². The number of pyridine rings is 1. The first-order valence-corrected chi connectivity index (χ1v) is 19.3. The van der Waals surface area contributed by atoms with Crippen LogP contribution in [0, 0.1) is 6.07 Å². The zero-order valence-electron chi connectivity index (χ0n) is 27.8. The average Bonchev–Trinajstić information content (AvgIpc) is 3.67. The Balaban J connectivity index is 0.00000348. The van der Waals surface area contributed by atoms with E-state index in [0.717, 1.165) is 10.9 Å². The Hall–Kier alpha value is -5.44. The number of rotatable bonds is 5. The fraction of sp³-hybridized carbons (Fsp3) is 0.0208. The summed E-state index contributed by atoms with van der Waals surface area (Å²) in [6, 6.07) is 72.5. The number of hydrogen-bond acceptors (Lipinski definition) is 1. The van der Waals surface area contributed by atoms with Gasteiger partial charge in [-0.1, -0.05) is 152 Å². The maximum atomic E-state index is 5.39. The molecule has 1 nitrogen and oxygen atoms in total. The summed E-state index contributed by atoms with van der Waals surface area (Å²) >= 11 is 0. The molecule has 0 aliphatic heterocycles. The van der Waals surface area contributed by atoms with Crippen LogP contribution in [0.25, 0.3) is 33.4 Å². The third kappa shape index (κ3) is 4.46. The van der Waals surface area contributed by atoms with Crippen molar-refractivity contribution in [2.24, 2.45) is 0 Å². The SMILES string of the molecule is [Ir].[c-]1ccccc1[Si](c1ccccc1)(c1ccccc1)c1ccc(-c2ccc3c(c2)C2(c4ccccc4-c4ccccc42)c2ccccc2-3)cn1. The van der Waals surface area contributed by atoms with Crippen LogP contribution in [0.2, 0.25) is 0 Å². The molecule has 0 fully saturated rings. The molecular weight excluding hydrogens is 811 g/mol. The molecule has 51 heavy (non-hydrogen) atoms. The average molecular weight is 843 g/mol. The van der Waals surface area contributed by atoms with Crippen LogP contribution in [-0.4, -0.2) is 13.1 Å². The standard InChI is InChI=1S/C48H32NSi.Ir/c1-4-16-36(17-5-1)50(37-18-6-2-7-19-37,38-20-8-3-9-21-38)47-31-29-35(33-49-47)34-28-30-42-41-24-12-15-27-45(41)48(46(42)32-34)43-25-13-10-22-39(43)40-23-11-14-26-44(40)48;/h1-20,22-33H;/q-1;. The molecule has 1 heterocycles. The predicted octanol–water partition coefficient (Wildman–Crippen LogP) is 8.27. The van der Waals surface area contributed by atoms with Gasteiger partial charge < -0.3 is 0 Å². The first kappa shape index (κ1) is 31.5. The van der Waals surface area contributed by atoms with E-state index in [1.54, 1.807) is 0 Å². The Morgan fingerprint density at radius 2 is 0.922 bits per heavy atom. The van der Waals surface area contributed by atoms with E-state index >= 15 is 0 Å². The fourth-order valence-corrected chi connectivity index (χ4v) is 13.4. The fourth-order valence-electron chi connectivity index (χ4n) is 8.98. The molecule has 0 unspecified atom stereocenters. The quantitative estimate of drug-likeness (QED) is 0.0967. The second kappa shape index (κ2) is 12.4. The first-order chi connectivity index (χ1) is 24.8. The molecule has 7 aromatic carbocycles. The Kier molecular flexibility index (Phi) is 7.67. The van der Waals surface area contributed by atoms with E-state index in [9.17, 15) is 0 Å². The summed E-state index contributed by atoms with van der Waals surface area (Å²) in [5.74, 6) is 0. The minimum atomic E-state index is -2.76. The Morgan fingerprint density at radius 3 is 1.43 bits per heavy atom. The minimum Gasteiger partial charge on any atom is -0.264 e. The second-order valence-corrected chi connectivity index (χ2v) is 17.0. The smallest absolute Gasteiger partial charge is 0.177 e. The van der Waals surface area contributed by atoms with Gasteiger partial charge in [0, 0.05) is 31.6 Å². The molecule has 1 aromatic heterocycles.